The molecule has 3 aromatic rings. The Labute approximate surface area is 192 Å². The molecule has 0 aliphatic heterocycles. The molecule has 1 amide bonds. The minimum Gasteiger partial charge on any atom is -0.467 e. The number of methoxy groups -OCH3 is 1. The molecule has 0 aliphatic carbocycles. The summed E-state index contributed by atoms with van der Waals surface area (Å²) in [5.74, 6) is -0.522. The van der Waals surface area contributed by atoms with E-state index in [-0.39, 0.29) is 23.7 Å². The van der Waals surface area contributed by atoms with Gasteiger partial charge in [0.25, 0.3) is 0 Å². The van der Waals surface area contributed by atoms with Crippen molar-refractivity contribution in [1.29, 1.82) is 0 Å². The van der Waals surface area contributed by atoms with Crippen LogP contribution in [0, 0.1) is 0 Å². The predicted octanol–water partition coefficient (Wildman–Crippen LogP) is 3.46. The number of amides is 1. The van der Waals surface area contributed by atoms with Gasteiger partial charge in [-0.15, -0.1) is 0 Å². The van der Waals surface area contributed by atoms with Gasteiger partial charge >= 0.3 is 22.2 Å². The Kier molecular flexibility index (Phi) is 8.04. The van der Waals surface area contributed by atoms with E-state index in [1.807, 2.05) is 30.3 Å². The van der Waals surface area contributed by atoms with E-state index in [4.69, 9.17) is 13.7 Å². The van der Waals surface area contributed by atoms with Crippen molar-refractivity contribution in [2.45, 2.75) is 24.0 Å². The Morgan fingerprint density at radius 2 is 1.45 bits per heavy atom. The van der Waals surface area contributed by atoms with Crippen LogP contribution in [0.1, 0.15) is 11.1 Å². The fraction of sp³-hybridized carbons (Fsp3) is 0.167. The summed E-state index contributed by atoms with van der Waals surface area (Å²) in [6, 6.07) is 22.1. The number of ether oxygens (including phenoxy) is 2. The van der Waals surface area contributed by atoms with Crippen LogP contribution in [-0.2, 0) is 37.4 Å². The zero-order chi connectivity index (χ0) is 23.7. The van der Waals surface area contributed by atoms with Crippen molar-refractivity contribution in [3.8, 4) is 5.75 Å². The summed E-state index contributed by atoms with van der Waals surface area (Å²) in [6.07, 6.45) is -0.651. The van der Waals surface area contributed by atoms with Crippen LogP contribution < -0.4 is 9.50 Å². The van der Waals surface area contributed by atoms with E-state index < -0.39 is 28.2 Å². The molecule has 0 heterocycles. The summed E-state index contributed by atoms with van der Waals surface area (Å²) in [5.41, 5.74) is 1.46. The minimum atomic E-state index is -3.96. The van der Waals surface area contributed by atoms with Crippen LogP contribution in [0.25, 0.3) is 0 Å². The molecule has 0 aromatic heterocycles. The first-order chi connectivity index (χ1) is 15.9. The maximum Gasteiger partial charge on any atom is 0.408 e. The molecule has 0 aliphatic rings. The van der Waals surface area contributed by atoms with Gasteiger partial charge in [-0.2, -0.15) is 8.42 Å². The molecule has 0 saturated carbocycles. The van der Waals surface area contributed by atoms with Crippen molar-refractivity contribution in [3.63, 3.8) is 0 Å². The average molecular weight is 470 g/mol. The predicted molar refractivity (Wildman–Crippen MR) is 120 cm³/mol. The fourth-order valence-corrected chi connectivity index (χ4v) is 3.87. The van der Waals surface area contributed by atoms with Crippen LogP contribution in [0.4, 0.5) is 4.79 Å². The number of carbonyl (C=O) groups excluding carboxylic acids is 2. The van der Waals surface area contributed by atoms with Gasteiger partial charge in [0.2, 0.25) is 0 Å². The number of rotatable bonds is 9. The van der Waals surface area contributed by atoms with Crippen LogP contribution in [0.15, 0.2) is 89.8 Å². The van der Waals surface area contributed by atoms with E-state index >= 15 is 0 Å². The van der Waals surface area contributed by atoms with Crippen LogP contribution >= 0.6 is 0 Å². The molecule has 8 nitrogen and oxygen atoms in total. The molecule has 1 unspecified atom stereocenters. The van der Waals surface area contributed by atoms with Gasteiger partial charge in [-0.3, -0.25) is 0 Å². The van der Waals surface area contributed by atoms with Crippen molar-refractivity contribution in [1.82, 2.24) is 5.32 Å². The molecule has 1 N–H and O–H groups in total. The highest BCUT2D eigenvalue weighted by molar-refractivity contribution is 7.87. The summed E-state index contributed by atoms with van der Waals surface area (Å²) in [4.78, 5) is 24.3. The third-order valence-corrected chi connectivity index (χ3v) is 5.85. The first-order valence-electron chi connectivity index (χ1n) is 10.0. The van der Waals surface area contributed by atoms with Gasteiger partial charge in [-0.25, -0.2) is 9.59 Å². The first kappa shape index (κ1) is 23.8. The van der Waals surface area contributed by atoms with E-state index in [1.54, 1.807) is 30.3 Å². The molecule has 3 aromatic carbocycles. The highest BCUT2D eigenvalue weighted by atomic mass is 32.2. The second-order valence-electron chi connectivity index (χ2n) is 6.98. The van der Waals surface area contributed by atoms with Gasteiger partial charge < -0.3 is 19.0 Å². The summed E-state index contributed by atoms with van der Waals surface area (Å²) in [6.45, 7) is 0.0580. The smallest absolute Gasteiger partial charge is 0.408 e. The van der Waals surface area contributed by atoms with Crippen molar-refractivity contribution in [3.05, 3.63) is 96.1 Å². The van der Waals surface area contributed by atoms with Gasteiger partial charge in [-0.1, -0.05) is 60.7 Å². The number of hydrogen-bond donors (Lipinski definition) is 1. The van der Waals surface area contributed by atoms with Crippen molar-refractivity contribution < 1.29 is 31.7 Å². The normalized spacial score (nSPS) is 11.8. The molecule has 1 atom stereocenters. The molecule has 33 heavy (non-hydrogen) atoms. The van der Waals surface area contributed by atoms with Crippen molar-refractivity contribution in [2.75, 3.05) is 7.11 Å². The lowest BCUT2D eigenvalue weighted by Crippen LogP contribution is -2.43. The van der Waals surface area contributed by atoms with Gasteiger partial charge in [0.1, 0.15) is 23.3 Å². The van der Waals surface area contributed by atoms with E-state index in [0.29, 0.717) is 5.56 Å². The van der Waals surface area contributed by atoms with Crippen LogP contribution in [0.3, 0.4) is 0 Å². The zero-order valence-electron chi connectivity index (χ0n) is 17.8. The summed E-state index contributed by atoms with van der Waals surface area (Å²) < 4.78 is 39.7. The lowest BCUT2D eigenvalue weighted by atomic mass is 10.1. The second-order valence-corrected chi connectivity index (χ2v) is 8.53. The number of esters is 1. The lowest BCUT2D eigenvalue weighted by molar-refractivity contribution is -0.143. The first-order valence-corrected chi connectivity index (χ1v) is 11.4. The van der Waals surface area contributed by atoms with E-state index in [0.717, 1.165) is 5.56 Å². The number of carbonyl (C=O) groups is 2. The third-order valence-electron chi connectivity index (χ3n) is 4.59. The average Bonchev–Trinajstić information content (AvgIpc) is 2.84. The molecule has 0 saturated heterocycles. The summed E-state index contributed by atoms with van der Waals surface area (Å²) in [7, 11) is -2.74. The largest absolute Gasteiger partial charge is 0.467 e. The van der Waals surface area contributed by atoms with Crippen molar-refractivity contribution in [2.24, 2.45) is 0 Å². The van der Waals surface area contributed by atoms with Crippen LogP contribution in [-0.4, -0.2) is 33.6 Å². The molecule has 3 rings (SSSR count). The topological polar surface area (TPSA) is 108 Å². The Morgan fingerprint density at radius 3 is 2.06 bits per heavy atom. The molecule has 172 valence electrons. The third kappa shape index (κ3) is 7.08. The van der Waals surface area contributed by atoms with E-state index in [9.17, 15) is 18.0 Å². The molecular weight excluding hydrogens is 446 g/mol. The lowest BCUT2D eigenvalue weighted by Gasteiger charge is -2.17. The van der Waals surface area contributed by atoms with Crippen molar-refractivity contribution >= 4 is 22.2 Å². The highest BCUT2D eigenvalue weighted by Gasteiger charge is 2.23. The standard InChI is InChI=1S/C24H23NO7S/c1-30-23(26)22(25-24(27)31-17-19-8-4-2-5-9-19)16-18-12-14-20(15-13-18)32-33(28,29)21-10-6-3-7-11-21/h2-15,22H,16-17H2,1H3,(H,25,27). The van der Waals surface area contributed by atoms with Gasteiger partial charge in [0.15, 0.2) is 0 Å². The summed E-state index contributed by atoms with van der Waals surface area (Å²) in [5, 5.41) is 2.50. The minimum absolute atomic E-state index is 0.0399. The molecule has 9 heteroatoms. The Hall–Kier alpha value is -3.85. The molecule has 0 spiro atoms. The Bertz CT molecular complexity index is 1160. The monoisotopic (exact) mass is 469 g/mol. The van der Waals surface area contributed by atoms with Gasteiger partial charge in [0.05, 0.1) is 7.11 Å². The quantitative estimate of drug-likeness (QED) is 0.378. The number of alkyl carbamates (subject to hydrolysis) is 1. The molecule has 0 radical (unpaired) electrons. The SMILES string of the molecule is COC(=O)C(Cc1ccc(OS(=O)(=O)c2ccccc2)cc1)NC(=O)OCc1ccccc1. The maximum atomic E-state index is 12.3. The summed E-state index contributed by atoms with van der Waals surface area (Å²) >= 11 is 0. The van der Waals surface area contributed by atoms with Gasteiger partial charge in [-0.05, 0) is 35.4 Å². The number of hydrogen-bond acceptors (Lipinski definition) is 7. The fourth-order valence-electron chi connectivity index (χ4n) is 2.92. The van der Waals surface area contributed by atoms with Gasteiger partial charge in [0, 0.05) is 6.42 Å². The van der Waals surface area contributed by atoms with E-state index in [2.05, 4.69) is 5.32 Å². The molecular formula is C24H23NO7S. The maximum absolute atomic E-state index is 12.3. The van der Waals surface area contributed by atoms with E-state index in [1.165, 1.54) is 31.4 Å². The number of benzene rings is 3. The molecule has 0 fully saturated rings. The Morgan fingerprint density at radius 1 is 0.848 bits per heavy atom. The Balaban J connectivity index is 1.61. The van der Waals surface area contributed by atoms with Crippen LogP contribution in [0.2, 0.25) is 0 Å². The van der Waals surface area contributed by atoms with Crippen LogP contribution in [0.5, 0.6) is 5.75 Å². The number of nitrogens with one attached hydrogen (secondary N) is 1. The highest BCUT2D eigenvalue weighted by Crippen LogP contribution is 2.19. The second kappa shape index (κ2) is 11.1. The zero-order valence-corrected chi connectivity index (χ0v) is 18.7. The molecule has 0 bridgehead atoms.